The standard InChI is InChI=1S/C9H7ClN2O4/c10-5-1-2-7-3-4-8(11(13)14)6-9(7)12(15)16/h1,3-6H,2H2. The molecule has 0 N–H and O–H groups in total. The summed E-state index contributed by atoms with van der Waals surface area (Å²) in [4.78, 5) is 19.8. The van der Waals surface area contributed by atoms with Crippen LogP contribution in [-0.4, -0.2) is 9.85 Å². The SMILES string of the molecule is O=[N+]([O-])c1ccc(CC=CCl)c([N+](=O)[O-])c1. The molecule has 1 aromatic rings. The summed E-state index contributed by atoms with van der Waals surface area (Å²) < 4.78 is 0. The van der Waals surface area contributed by atoms with Gasteiger partial charge in [-0.05, 0) is 12.5 Å². The quantitative estimate of drug-likeness (QED) is 0.600. The van der Waals surface area contributed by atoms with Crippen LogP contribution in [-0.2, 0) is 6.42 Å². The molecule has 0 aliphatic heterocycles. The number of non-ortho nitro benzene ring substituents is 1. The van der Waals surface area contributed by atoms with Crippen LogP contribution < -0.4 is 0 Å². The maximum absolute atomic E-state index is 10.7. The van der Waals surface area contributed by atoms with Gasteiger partial charge in [0.25, 0.3) is 11.4 Å². The molecule has 0 aliphatic carbocycles. The summed E-state index contributed by atoms with van der Waals surface area (Å²) in [5, 5.41) is 21.1. The minimum atomic E-state index is -0.672. The van der Waals surface area contributed by atoms with Gasteiger partial charge in [-0.3, -0.25) is 20.2 Å². The highest BCUT2D eigenvalue weighted by Crippen LogP contribution is 2.25. The Labute approximate surface area is 95.4 Å². The van der Waals surface area contributed by atoms with E-state index in [1.165, 1.54) is 23.7 Å². The van der Waals surface area contributed by atoms with E-state index in [2.05, 4.69) is 0 Å². The Hall–Kier alpha value is -1.95. The van der Waals surface area contributed by atoms with Crippen LogP contribution in [0.3, 0.4) is 0 Å². The number of halogens is 1. The summed E-state index contributed by atoms with van der Waals surface area (Å²) in [6.45, 7) is 0. The van der Waals surface area contributed by atoms with Gasteiger partial charge in [0.1, 0.15) is 0 Å². The summed E-state index contributed by atoms with van der Waals surface area (Å²) in [5.74, 6) is 0. The molecule has 1 aromatic carbocycles. The zero-order valence-corrected chi connectivity index (χ0v) is 8.76. The second kappa shape index (κ2) is 5.22. The third-order valence-corrected chi connectivity index (χ3v) is 2.08. The smallest absolute Gasteiger partial charge is 0.258 e. The first-order valence-corrected chi connectivity index (χ1v) is 4.67. The molecule has 0 unspecified atom stereocenters. The highest BCUT2D eigenvalue weighted by molar-refractivity contribution is 6.25. The Morgan fingerprint density at radius 1 is 1.25 bits per heavy atom. The van der Waals surface area contributed by atoms with Crippen molar-refractivity contribution >= 4 is 23.0 Å². The molecule has 0 spiro atoms. The predicted octanol–water partition coefficient (Wildman–Crippen LogP) is 2.80. The number of hydrogen-bond acceptors (Lipinski definition) is 4. The molecule has 0 bridgehead atoms. The molecule has 7 heteroatoms. The number of nitrogens with zero attached hydrogens (tertiary/aromatic N) is 2. The number of benzene rings is 1. The van der Waals surface area contributed by atoms with Crippen molar-refractivity contribution in [3.8, 4) is 0 Å². The van der Waals surface area contributed by atoms with E-state index in [9.17, 15) is 20.2 Å². The molecule has 0 fully saturated rings. The number of nitro benzene ring substituents is 2. The van der Waals surface area contributed by atoms with E-state index < -0.39 is 9.85 Å². The third kappa shape index (κ3) is 2.77. The maximum Gasteiger partial charge on any atom is 0.279 e. The molecule has 0 heterocycles. The monoisotopic (exact) mass is 242 g/mol. The second-order valence-electron chi connectivity index (χ2n) is 2.89. The molecule has 84 valence electrons. The van der Waals surface area contributed by atoms with E-state index in [1.807, 2.05) is 0 Å². The van der Waals surface area contributed by atoms with Gasteiger partial charge in [-0.25, -0.2) is 0 Å². The van der Waals surface area contributed by atoms with Gasteiger partial charge >= 0.3 is 0 Å². The molecule has 1 rings (SSSR count). The average molecular weight is 243 g/mol. The first kappa shape index (κ1) is 12.1. The Kier molecular flexibility index (Phi) is 3.96. The Morgan fingerprint density at radius 3 is 2.44 bits per heavy atom. The van der Waals surface area contributed by atoms with Crippen molar-refractivity contribution in [1.82, 2.24) is 0 Å². The number of rotatable bonds is 4. The maximum atomic E-state index is 10.7. The lowest BCUT2D eigenvalue weighted by molar-refractivity contribution is -0.394. The van der Waals surface area contributed by atoms with Crippen molar-refractivity contribution in [2.75, 3.05) is 0 Å². The van der Waals surface area contributed by atoms with Crippen molar-refractivity contribution < 1.29 is 9.85 Å². The molecule has 16 heavy (non-hydrogen) atoms. The van der Waals surface area contributed by atoms with Gasteiger partial charge in [-0.2, -0.15) is 0 Å². The minimum Gasteiger partial charge on any atom is -0.258 e. The van der Waals surface area contributed by atoms with E-state index in [0.717, 1.165) is 6.07 Å². The van der Waals surface area contributed by atoms with Crippen LogP contribution in [0.4, 0.5) is 11.4 Å². The molecular formula is C9H7ClN2O4. The first-order chi connectivity index (χ1) is 7.56. The van der Waals surface area contributed by atoms with Gasteiger partial charge < -0.3 is 0 Å². The van der Waals surface area contributed by atoms with Crippen molar-refractivity contribution in [1.29, 1.82) is 0 Å². The zero-order valence-electron chi connectivity index (χ0n) is 8.00. The summed E-state index contributed by atoms with van der Waals surface area (Å²) >= 11 is 5.31. The Balaban J connectivity index is 3.19. The highest BCUT2D eigenvalue weighted by Gasteiger charge is 2.18. The molecule has 0 aliphatic rings. The molecule has 0 atom stereocenters. The summed E-state index contributed by atoms with van der Waals surface area (Å²) in [5.41, 5.74) is 1.05. The largest absolute Gasteiger partial charge is 0.279 e. The fraction of sp³-hybridized carbons (Fsp3) is 0.111. The van der Waals surface area contributed by atoms with Gasteiger partial charge in [0.2, 0.25) is 0 Å². The summed E-state index contributed by atoms with van der Waals surface area (Å²) in [6.07, 6.45) is 1.79. The van der Waals surface area contributed by atoms with Gasteiger partial charge in [0.05, 0.1) is 15.9 Å². The van der Waals surface area contributed by atoms with Crippen LogP contribution >= 0.6 is 11.6 Å². The lowest BCUT2D eigenvalue weighted by atomic mass is 10.1. The van der Waals surface area contributed by atoms with Crippen molar-refractivity contribution in [3.05, 3.63) is 55.6 Å². The molecule has 0 amide bonds. The van der Waals surface area contributed by atoms with E-state index in [0.29, 0.717) is 5.56 Å². The minimum absolute atomic E-state index is 0.262. The number of allylic oxidation sites excluding steroid dienone is 1. The second-order valence-corrected chi connectivity index (χ2v) is 3.15. The van der Waals surface area contributed by atoms with Crippen LogP contribution in [0, 0.1) is 20.2 Å². The number of nitro groups is 2. The van der Waals surface area contributed by atoms with Crippen molar-refractivity contribution in [2.45, 2.75) is 6.42 Å². The van der Waals surface area contributed by atoms with Crippen LogP contribution in [0.25, 0.3) is 0 Å². The Bertz CT molecular complexity index is 459. The van der Waals surface area contributed by atoms with Crippen LogP contribution in [0.2, 0.25) is 0 Å². The van der Waals surface area contributed by atoms with E-state index in [-0.39, 0.29) is 17.8 Å². The topological polar surface area (TPSA) is 86.3 Å². The van der Waals surface area contributed by atoms with Gasteiger partial charge in [0, 0.05) is 17.2 Å². The summed E-state index contributed by atoms with van der Waals surface area (Å²) in [6, 6.07) is 3.52. The fourth-order valence-corrected chi connectivity index (χ4v) is 1.27. The molecule has 0 aromatic heterocycles. The predicted molar refractivity (Wildman–Crippen MR) is 58.4 cm³/mol. The van der Waals surface area contributed by atoms with Gasteiger partial charge in [-0.15, -0.1) is 0 Å². The lowest BCUT2D eigenvalue weighted by Gasteiger charge is -1.99. The van der Waals surface area contributed by atoms with Crippen molar-refractivity contribution in [3.63, 3.8) is 0 Å². The van der Waals surface area contributed by atoms with E-state index in [4.69, 9.17) is 11.6 Å². The molecule has 0 radical (unpaired) electrons. The highest BCUT2D eigenvalue weighted by atomic mass is 35.5. The first-order valence-electron chi connectivity index (χ1n) is 4.23. The van der Waals surface area contributed by atoms with Crippen molar-refractivity contribution in [2.24, 2.45) is 0 Å². The van der Waals surface area contributed by atoms with E-state index in [1.54, 1.807) is 0 Å². The number of hydrogen-bond donors (Lipinski definition) is 0. The molecule has 0 saturated carbocycles. The normalized spacial score (nSPS) is 10.6. The molecule has 0 saturated heterocycles. The Morgan fingerprint density at radius 2 is 1.94 bits per heavy atom. The van der Waals surface area contributed by atoms with Crippen LogP contribution in [0.15, 0.2) is 29.8 Å². The van der Waals surface area contributed by atoms with Gasteiger partial charge in [-0.1, -0.05) is 17.7 Å². The molecule has 6 nitrogen and oxygen atoms in total. The summed E-state index contributed by atoms with van der Waals surface area (Å²) in [7, 11) is 0. The third-order valence-electron chi connectivity index (χ3n) is 1.90. The zero-order chi connectivity index (χ0) is 12.1. The average Bonchev–Trinajstić information content (AvgIpc) is 2.25. The lowest BCUT2D eigenvalue weighted by Crippen LogP contribution is -1.97. The van der Waals surface area contributed by atoms with Gasteiger partial charge in [0.15, 0.2) is 0 Å². The fourth-order valence-electron chi connectivity index (χ4n) is 1.18. The van der Waals surface area contributed by atoms with Crippen LogP contribution in [0.1, 0.15) is 5.56 Å². The van der Waals surface area contributed by atoms with Crippen LogP contribution in [0.5, 0.6) is 0 Å². The molecular weight excluding hydrogens is 236 g/mol. The van der Waals surface area contributed by atoms with E-state index >= 15 is 0 Å².